The van der Waals surface area contributed by atoms with Crippen LogP contribution >= 0.6 is 0 Å². The van der Waals surface area contributed by atoms with E-state index in [0.717, 1.165) is 38.5 Å². The zero-order valence-corrected chi connectivity index (χ0v) is 18.1. The van der Waals surface area contributed by atoms with E-state index in [2.05, 4.69) is 13.8 Å². The first-order valence-corrected chi connectivity index (χ1v) is 10.1. The monoisotopic (exact) mass is 450 g/mol. The van der Waals surface area contributed by atoms with Gasteiger partial charge in [0.15, 0.2) is 0 Å². The average Bonchev–Trinajstić information content (AvgIpc) is 2.72. The van der Waals surface area contributed by atoms with E-state index in [1.165, 1.54) is 12.1 Å². The van der Waals surface area contributed by atoms with Crippen LogP contribution in [0.3, 0.4) is 0 Å². The molecular formula is C23H30O9. The zero-order chi connectivity index (χ0) is 24.7. The summed E-state index contributed by atoms with van der Waals surface area (Å²) in [6.07, 6.45) is 3.58. The van der Waals surface area contributed by atoms with Crippen LogP contribution in [0.4, 0.5) is 4.79 Å². The van der Waals surface area contributed by atoms with E-state index < -0.39 is 18.1 Å². The predicted molar refractivity (Wildman–Crippen MR) is 118 cm³/mol. The van der Waals surface area contributed by atoms with E-state index in [4.69, 9.17) is 25.2 Å². The molecule has 0 unspecified atom stereocenters. The number of para-hydroxylation sites is 2. The van der Waals surface area contributed by atoms with Crippen molar-refractivity contribution in [2.24, 2.45) is 0 Å². The molecule has 176 valence electrons. The Morgan fingerprint density at radius 1 is 0.656 bits per heavy atom. The van der Waals surface area contributed by atoms with Crippen LogP contribution in [0.25, 0.3) is 0 Å². The van der Waals surface area contributed by atoms with Crippen LogP contribution in [-0.2, 0) is 12.8 Å². The van der Waals surface area contributed by atoms with Crippen LogP contribution in [0.5, 0.6) is 11.5 Å². The molecule has 0 amide bonds. The Morgan fingerprint density at radius 3 is 1.22 bits per heavy atom. The minimum Gasteiger partial charge on any atom is -0.507 e. The van der Waals surface area contributed by atoms with Crippen molar-refractivity contribution in [1.29, 1.82) is 0 Å². The number of carboxylic acid groups (broad SMARTS) is 4. The maximum Gasteiger partial charge on any atom is 0.503 e. The van der Waals surface area contributed by atoms with E-state index in [1.807, 2.05) is 0 Å². The molecule has 0 aromatic heterocycles. The molecule has 32 heavy (non-hydrogen) atoms. The van der Waals surface area contributed by atoms with Gasteiger partial charge in [-0.3, -0.25) is 0 Å². The van der Waals surface area contributed by atoms with Gasteiger partial charge in [0.2, 0.25) is 0 Å². The molecule has 0 saturated carbocycles. The van der Waals surface area contributed by atoms with Gasteiger partial charge in [-0.2, -0.15) is 0 Å². The van der Waals surface area contributed by atoms with E-state index >= 15 is 0 Å². The first-order valence-electron chi connectivity index (χ1n) is 10.1. The van der Waals surface area contributed by atoms with Gasteiger partial charge in [-0.15, -0.1) is 0 Å². The summed E-state index contributed by atoms with van der Waals surface area (Å²) in [4.78, 5) is 29.9. The molecule has 0 aliphatic rings. The van der Waals surface area contributed by atoms with Crippen molar-refractivity contribution >= 4 is 18.1 Å². The summed E-state index contributed by atoms with van der Waals surface area (Å²) in [6, 6.07) is 9.66. The molecule has 2 rings (SSSR count). The first kappa shape index (κ1) is 28.2. The van der Waals surface area contributed by atoms with E-state index in [0.29, 0.717) is 11.1 Å². The van der Waals surface area contributed by atoms with Crippen LogP contribution in [0, 0.1) is 0 Å². The van der Waals surface area contributed by atoms with Crippen molar-refractivity contribution in [2.45, 2.75) is 52.4 Å². The minimum absolute atomic E-state index is 0.0152. The Morgan fingerprint density at radius 2 is 0.969 bits per heavy atom. The number of hydrogen-bond acceptors (Lipinski definition) is 5. The Hall–Kier alpha value is -3.75. The third-order valence-corrected chi connectivity index (χ3v) is 4.30. The molecule has 0 bridgehead atoms. The zero-order valence-electron chi connectivity index (χ0n) is 18.1. The number of hydrogen-bond donors (Lipinski definition) is 6. The number of rotatable bonds is 8. The molecule has 0 aliphatic heterocycles. The number of carbonyl (C=O) groups is 3. The number of phenols is 2. The van der Waals surface area contributed by atoms with Crippen molar-refractivity contribution in [3.05, 3.63) is 58.7 Å². The molecule has 0 heterocycles. The summed E-state index contributed by atoms with van der Waals surface area (Å²) >= 11 is 0. The SMILES string of the molecule is CCCCc1cccc(C(=O)O)c1O.CCCCc1cccc(C(=O)O)c1O.O=C(O)O. The van der Waals surface area contributed by atoms with Gasteiger partial charge in [0.25, 0.3) is 0 Å². The number of benzene rings is 2. The van der Waals surface area contributed by atoms with Gasteiger partial charge in [0, 0.05) is 0 Å². The lowest BCUT2D eigenvalue weighted by Gasteiger charge is -2.05. The highest BCUT2D eigenvalue weighted by atomic mass is 16.6. The highest BCUT2D eigenvalue weighted by Crippen LogP contribution is 2.24. The molecule has 2 aromatic carbocycles. The normalized spacial score (nSPS) is 9.56. The third-order valence-electron chi connectivity index (χ3n) is 4.30. The summed E-state index contributed by atoms with van der Waals surface area (Å²) < 4.78 is 0. The highest BCUT2D eigenvalue weighted by molar-refractivity contribution is 5.91. The number of carboxylic acids is 2. The van der Waals surface area contributed by atoms with Crippen LogP contribution in [0.15, 0.2) is 36.4 Å². The van der Waals surface area contributed by atoms with Crippen molar-refractivity contribution in [2.75, 3.05) is 0 Å². The quantitative estimate of drug-likeness (QED) is 0.320. The second kappa shape index (κ2) is 15.1. The van der Waals surface area contributed by atoms with Gasteiger partial charge in [0.05, 0.1) is 0 Å². The Labute approximate surface area is 186 Å². The number of aryl methyl sites for hydroxylation is 2. The number of aromatic hydroxyl groups is 2. The van der Waals surface area contributed by atoms with Crippen LogP contribution in [0.1, 0.15) is 71.4 Å². The number of aromatic carboxylic acids is 2. The minimum atomic E-state index is -1.83. The van der Waals surface area contributed by atoms with Crippen molar-refractivity contribution in [1.82, 2.24) is 0 Å². The second-order valence-electron chi connectivity index (χ2n) is 6.73. The smallest absolute Gasteiger partial charge is 0.503 e. The Bertz CT molecular complexity index is 820. The van der Waals surface area contributed by atoms with Gasteiger partial charge in [-0.05, 0) is 48.9 Å². The number of unbranched alkanes of at least 4 members (excludes halogenated alkanes) is 2. The Kier molecular flexibility index (Phi) is 13.3. The molecule has 9 heteroatoms. The first-order chi connectivity index (χ1) is 15.1. The van der Waals surface area contributed by atoms with Gasteiger partial charge in [-0.1, -0.05) is 51.0 Å². The predicted octanol–water partition coefficient (Wildman–Crippen LogP) is 5.09. The van der Waals surface area contributed by atoms with E-state index in [9.17, 15) is 19.8 Å². The molecule has 0 saturated heterocycles. The topological polar surface area (TPSA) is 173 Å². The summed E-state index contributed by atoms with van der Waals surface area (Å²) in [7, 11) is 0. The fourth-order valence-electron chi connectivity index (χ4n) is 2.67. The summed E-state index contributed by atoms with van der Waals surface area (Å²) in [5.41, 5.74) is 1.40. The molecule has 9 nitrogen and oxygen atoms in total. The van der Waals surface area contributed by atoms with Gasteiger partial charge >= 0.3 is 18.1 Å². The van der Waals surface area contributed by atoms with Crippen molar-refractivity contribution < 1.29 is 45.0 Å². The molecule has 0 spiro atoms. The molecule has 0 fully saturated rings. The van der Waals surface area contributed by atoms with Gasteiger partial charge < -0.3 is 30.6 Å². The lowest BCUT2D eigenvalue weighted by molar-refractivity contribution is 0.0682. The molecule has 0 radical (unpaired) electrons. The van der Waals surface area contributed by atoms with E-state index in [-0.39, 0.29) is 22.6 Å². The molecule has 6 N–H and O–H groups in total. The standard InChI is InChI=1S/2C11H14O3.CH2O3/c2*1-2-3-5-8-6-4-7-9(10(8)12)11(13)14;2-1(3)4/h2*4,6-7,12H,2-3,5H2,1H3,(H,13,14);(H2,2,3,4). The van der Waals surface area contributed by atoms with Crippen LogP contribution < -0.4 is 0 Å². The van der Waals surface area contributed by atoms with Gasteiger partial charge in [-0.25, -0.2) is 14.4 Å². The fourth-order valence-corrected chi connectivity index (χ4v) is 2.67. The van der Waals surface area contributed by atoms with Crippen LogP contribution in [-0.4, -0.2) is 48.7 Å². The fraction of sp³-hybridized carbons (Fsp3) is 0.348. The lowest BCUT2D eigenvalue weighted by Crippen LogP contribution is -1.98. The largest absolute Gasteiger partial charge is 0.507 e. The van der Waals surface area contributed by atoms with E-state index in [1.54, 1.807) is 24.3 Å². The van der Waals surface area contributed by atoms with Crippen molar-refractivity contribution in [3.63, 3.8) is 0 Å². The third kappa shape index (κ3) is 10.3. The molecule has 0 aliphatic carbocycles. The van der Waals surface area contributed by atoms with Crippen molar-refractivity contribution in [3.8, 4) is 11.5 Å². The maximum absolute atomic E-state index is 10.7. The lowest BCUT2D eigenvalue weighted by atomic mass is 10.0. The van der Waals surface area contributed by atoms with Gasteiger partial charge in [0.1, 0.15) is 22.6 Å². The summed E-state index contributed by atoms with van der Waals surface area (Å²) in [5.74, 6) is -2.34. The highest BCUT2D eigenvalue weighted by Gasteiger charge is 2.12. The Balaban J connectivity index is 0.000000515. The maximum atomic E-state index is 10.7. The van der Waals surface area contributed by atoms with Crippen LogP contribution in [0.2, 0.25) is 0 Å². The summed E-state index contributed by atoms with van der Waals surface area (Å²) in [6.45, 7) is 4.11. The second-order valence-corrected chi connectivity index (χ2v) is 6.73. The molecule has 2 aromatic rings. The summed E-state index contributed by atoms with van der Waals surface area (Å²) in [5, 5.41) is 50.7. The molecular weight excluding hydrogens is 420 g/mol. The molecule has 0 atom stereocenters. The average molecular weight is 450 g/mol.